The van der Waals surface area contributed by atoms with Crippen molar-refractivity contribution in [1.29, 1.82) is 0 Å². The van der Waals surface area contributed by atoms with Gasteiger partial charge in [0.05, 0.1) is 32.0 Å². The van der Waals surface area contributed by atoms with Crippen LogP contribution >= 0.6 is 12.4 Å². The SMILES string of the molecule is CC(C)OCCOCc1cccc(NC(=O)c2ccn(C3CCCNC3)n2)c1.Cl. The number of anilines is 1. The van der Waals surface area contributed by atoms with Gasteiger partial charge in [-0.25, -0.2) is 0 Å². The number of ether oxygens (including phenoxy) is 2. The summed E-state index contributed by atoms with van der Waals surface area (Å²) in [6.45, 7) is 7.55. The highest BCUT2D eigenvalue weighted by atomic mass is 35.5. The lowest BCUT2D eigenvalue weighted by molar-refractivity contribution is 0.0143. The second-order valence-corrected chi connectivity index (χ2v) is 7.31. The zero-order chi connectivity index (χ0) is 19.8. The minimum absolute atomic E-state index is 0. The number of rotatable bonds is 9. The molecule has 160 valence electrons. The van der Waals surface area contributed by atoms with Gasteiger partial charge >= 0.3 is 0 Å². The molecule has 1 saturated heterocycles. The molecule has 1 aromatic heterocycles. The number of amides is 1. The maximum atomic E-state index is 12.5. The fourth-order valence-electron chi connectivity index (χ4n) is 3.19. The van der Waals surface area contributed by atoms with E-state index in [1.54, 1.807) is 6.07 Å². The summed E-state index contributed by atoms with van der Waals surface area (Å²) in [4.78, 5) is 12.5. The molecule has 1 amide bonds. The first kappa shape index (κ1) is 23.3. The third-order valence-corrected chi connectivity index (χ3v) is 4.62. The normalized spacial score (nSPS) is 16.4. The van der Waals surface area contributed by atoms with Crippen LogP contribution in [0.1, 0.15) is 48.8 Å². The zero-order valence-electron chi connectivity index (χ0n) is 17.1. The quantitative estimate of drug-likeness (QED) is 0.605. The van der Waals surface area contributed by atoms with Crippen molar-refractivity contribution < 1.29 is 14.3 Å². The molecule has 1 aliphatic rings. The standard InChI is InChI=1S/C21H30N4O3.ClH/c1-16(2)28-12-11-27-15-17-5-3-6-18(13-17)23-21(26)20-8-10-25(24-20)19-7-4-9-22-14-19;/h3,5-6,8,10,13,16,19,22H,4,7,9,11-12,14-15H2,1-2H3,(H,23,26);1H. The fourth-order valence-corrected chi connectivity index (χ4v) is 3.19. The first-order chi connectivity index (χ1) is 13.6. The number of carbonyl (C=O) groups excluding carboxylic acids is 1. The van der Waals surface area contributed by atoms with Gasteiger partial charge in [0.1, 0.15) is 0 Å². The van der Waals surface area contributed by atoms with Gasteiger partial charge in [-0.2, -0.15) is 5.10 Å². The summed E-state index contributed by atoms with van der Waals surface area (Å²) in [6, 6.07) is 9.75. The van der Waals surface area contributed by atoms with Crippen molar-refractivity contribution in [3.8, 4) is 0 Å². The Bertz CT molecular complexity index is 760. The van der Waals surface area contributed by atoms with E-state index in [1.807, 2.05) is 49.0 Å². The molecule has 1 unspecified atom stereocenters. The Hall–Kier alpha value is -1.93. The van der Waals surface area contributed by atoms with Crippen LogP contribution in [0.3, 0.4) is 0 Å². The number of carbonyl (C=O) groups is 1. The monoisotopic (exact) mass is 422 g/mol. The number of benzene rings is 1. The Morgan fingerprint density at radius 3 is 2.97 bits per heavy atom. The molecule has 2 N–H and O–H groups in total. The van der Waals surface area contributed by atoms with Crippen molar-refractivity contribution in [2.75, 3.05) is 31.6 Å². The molecule has 8 heteroatoms. The predicted octanol–water partition coefficient (Wildman–Crippen LogP) is 3.42. The topological polar surface area (TPSA) is 77.4 Å². The lowest BCUT2D eigenvalue weighted by Gasteiger charge is -2.22. The van der Waals surface area contributed by atoms with Gasteiger partial charge < -0.3 is 20.1 Å². The molecule has 0 spiro atoms. The van der Waals surface area contributed by atoms with Crippen LogP contribution in [0, 0.1) is 0 Å². The summed E-state index contributed by atoms with van der Waals surface area (Å²) in [7, 11) is 0. The molecule has 2 heterocycles. The van der Waals surface area contributed by atoms with Gasteiger partial charge in [0.2, 0.25) is 0 Å². The van der Waals surface area contributed by atoms with E-state index in [0.29, 0.717) is 31.6 Å². The Morgan fingerprint density at radius 1 is 1.34 bits per heavy atom. The van der Waals surface area contributed by atoms with Crippen LogP contribution in [0.5, 0.6) is 0 Å². The van der Waals surface area contributed by atoms with Gasteiger partial charge in [-0.15, -0.1) is 12.4 Å². The largest absolute Gasteiger partial charge is 0.376 e. The van der Waals surface area contributed by atoms with Gasteiger partial charge in [0.15, 0.2) is 5.69 Å². The van der Waals surface area contributed by atoms with Crippen LogP contribution in [0.25, 0.3) is 0 Å². The van der Waals surface area contributed by atoms with Crippen molar-refractivity contribution in [3.05, 3.63) is 47.8 Å². The van der Waals surface area contributed by atoms with Crippen LogP contribution in [0.15, 0.2) is 36.5 Å². The maximum absolute atomic E-state index is 12.5. The van der Waals surface area contributed by atoms with Crippen molar-refractivity contribution in [2.45, 2.75) is 45.4 Å². The molecule has 0 aliphatic carbocycles. The molecular weight excluding hydrogens is 392 g/mol. The minimum atomic E-state index is -0.203. The smallest absolute Gasteiger partial charge is 0.276 e. The van der Waals surface area contributed by atoms with Crippen LogP contribution < -0.4 is 10.6 Å². The van der Waals surface area contributed by atoms with E-state index < -0.39 is 0 Å². The third-order valence-electron chi connectivity index (χ3n) is 4.62. The van der Waals surface area contributed by atoms with Crippen LogP contribution in [-0.2, 0) is 16.1 Å². The van der Waals surface area contributed by atoms with Gasteiger partial charge in [-0.3, -0.25) is 9.48 Å². The lowest BCUT2D eigenvalue weighted by Crippen LogP contribution is -2.32. The predicted molar refractivity (Wildman–Crippen MR) is 116 cm³/mol. The molecule has 3 rings (SSSR count). The summed E-state index contributed by atoms with van der Waals surface area (Å²) in [5, 5.41) is 10.8. The molecule has 1 atom stereocenters. The number of hydrogen-bond acceptors (Lipinski definition) is 5. The molecule has 0 saturated carbocycles. The average Bonchev–Trinajstić information content (AvgIpc) is 3.19. The Labute approximate surface area is 178 Å². The van der Waals surface area contributed by atoms with E-state index >= 15 is 0 Å². The number of aromatic nitrogens is 2. The summed E-state index contributed by atoms with van der Waals surface area (Å²) in [6.07, 6.45) is 4.31. The van der Waals surface area contributed by atoms with Gasteiger partial charge in [0, 0.05) is 18.4 Å². The van der Waals surface area contributed by atoms with E-state index in [-0.39, 0.29) is 24.4 Å². The number of piperidine rings is 1. The lowest BCUT2D eigenvalue weighted by atomic mass is 10.1. The Kier molecular flexibility index (Phi) is 9.60. The highest BCUT2D eigenvalue weighted by molar-refractivity contribution is 6.02. The van der Waals surface area contributed by atoms with E-state index in [0.717, 1.165) is 37.2 Å². The van der Waals surface area contributed by atoms with Crippen molar-refractivity contribution in [3.63, 3.8) is 0 Å². The first-order valence-corrected chi connectivity index (χ1v) is 9.97. The number of nitrogens with zero attached hydrogens (tertiary/aromatic N) is 2. The second-order valence-electron chi connectivity index (χ2n) is 7.31. The van der Waals surface area contributed by atoms with Crippen LogP contribution in [-0.4, -0.2) is 48.1 Å². The molecule has 29 heavy (non-hydrogen) atoms. The molecule has 7 nitrogen and oxygen atoms in total. The van der Waals surface area contributed by atoms with Gasteiger partial charge in [0.25, 0.3) is 5.91 Å². The summed E-state index contributed by atoms with van der Waals surface area (Å²) in [5.41, 5.74) is 2.16. The molecular formula is C21H31ClN4O3. The Balaban J connectivity index is 0.00000300. The third kappa shape index (κ3) is 7.44. The summed E-state index contributed by atoms with van der Waals surface area (Å²) >= 11 is 0. The zero-order valence-corrected chi connectivity index (χ0v) is 17.9. The van der Waals surface area contributed by atoms with Crippen molar-refractivity contribution in [1.82, 2.24) is 15.1 Å². The van der Waals surface area contributed by atoms with Crippen LogP contribution in [0.4, 0.5) is 5.69 Å². The van der Waals surface area contributed by atoms with Crippen molar-refractivity contribution in [2.24, 2.45) is 0 Å². The highest BCUT2D eigenvalue weighted by Gasteiger charge is 2.17. The van der Waals surface area contributed by atoms with Crippen molar-refractivity contribution >= 4 is 24.0 Å². The van der Waals surface area contributed by atoms with E-state index in [4.69, 9.17) is 9.47 Å². The Morgan fingerprint density at radius 2 is 2.21 bits per heavy atom. The number of halogens is 1. The van der Waals surface area contributed by atoms with Gasteiger partial charge in [-0.05, 0) is 57.0 Å². The van der Waals surface area contributed by atoms with Gasteiger partial charge in [-0.1, -0.05) is 12.1 Å². The molecule has 2 aromatic rings. The molecule has 1 aromatic carbocycles. The highest BCUT2D eigenvalue weighted by Crippen LogP contribution is 2.17. The van der Waals surface area contributed by atoms with E-state index in [9.17, 15) is 4.79 Å². The first-order valence-electron chi connectivity index (χ1n) is 9.97. The number of hydrogen-bond donors (Lipinski definition) is 2. The fraction of sp³-hybridized carbons (Fsp3) is 0.524. The van der Waals surface area contributed by atoms with E-state index in [2.05, 4.69) is 15.7 Å². The molecule has 1 aliphatic heterocycles. The number of nitrogens with one attached hydrogen (secondary N) is 2. The minimum Gasteiger partial charge on any atom is -0.376 e. The molecule has 0 bridgehead atoms. The summed E-state index contributed by atoms with van der Waals surface area (Å²) < 4.78 is 13.0. The maximum Gasteiger partial charge on any atom is 0.276 e. The summed E-state index contributed by atoms with van der Waals surface area (Å²) in [5.74, 6) is -0.203. The van der Waals surface area contributed by atoms with Crippen LogP contribution in [0.2, 0.25) is 0 Å². The molecule has 1 fully saturated rings. The molecule has 0 radical (unpaired) electrons. The second kappa shape index (κ2) is 11.9. The average molecular weight is 423 g/mol. The van der Waals surface area contributed by atoms with E-state index in [1.165, 1.54) is 0 Å².